The van der Waals surface area contributed by atoms with E-state index in [9.17, 15) is 10.4 Å². The number of aliphatic hydroxyl groups is 1. The molecule has 106 valence electrons. The van der Waals surface area contributed by atoms with Crippen molar-refractivity contribution in [3.63, 3.8) is 0 Å². The van der Waals surface area contributed by atoms with Gasteiger partial charge in [0.1, 0.15) is 0 Å². The first-order valence-electron chi connectivity index (χ1n) is 6.84. The molecule has 4 nitrogen and oxygen atoms in total. The summed E-state index contributed by atoms with van der Waals surface area (Å²) in [5.74, 6) is 0.492. The predicted molar refractivity (Wildman–Crippen MR) is 77.6 cm³/mol. The van der Waals surface area contributed by atoms with Gasteiger partial charge in [-0.05, 0) is 30.0 Å². The average Bonchev–Trinajstić information content (AvgIpc) is 2.94. The molecule has 1 aromatic heterocycles. The smallest absolute Gasteiger partial charge is 0.212 e. The number of hydrogen-bond acceptors (Lipinski definition) is 4. The number of aromatic nitrogens is 1. The van der Waals surface area contributed by atoms with Gasteiger partial charge in [0.15, 0.2) is 0 Å². The highest BCUT2D eigenvalue weighted by Crippen LogP contribution is 2.45. The van der Waals surface area contributed by atoms with Crippen LogP contribution in [0.3, 0.4) is 0 Å². The lowest BCUT2D eigenvalue weighted by atomic mass is 9.78. The van der Waals surface area contributed by atoms with E-state index in [-0.39, 0.29) is 0 Å². The predicted octanol–water partition coefficient (Wildman–Crippen LogP) is 2.43. The number of ether oxygens (including phenoxy) is 1. The lowest BCUT2D eigenvalue weighted by Crippen LogP contribution is -2.28. The summed E-state index contributed by atoms with van der Waals surface area (Å²) >= 11 is 0. The number of methoxy groups -OCH3 is 1. The SMILES string of the molecule is COc1ccc(C(O)C2(C#N)Cc3ccccc3C2)cn1. The first-order chi connectivity index (χ1) is 10.2. The van der Waals surface area contributed by atoms with Crippen molar-refractivity contribution in [1.82, 2.24) is 4.98 Å². The Morgan fingerprint density at radius 3 is 2.38 bits per heavy atom. The zero-order chi connectivity index (χ0) is 14.9. The number of pyridine rings is 1. The fourth-order valence-electron chi connectivity index (χ4n) is 2.97. The molecule has 1 N–H and O–H groups in total. The molecule has 0 radical (unpaired) electrons. The first-order valence-corrected chi connectivity index (χ1v) is 6.84. The summed E-state index contributed by atoms with van der Waals surface area (Å²) in [6, 6.07) is 13.8. The second-order valence-electron chi connectivity index (χ2n) is 5.43. The van der Waals surface area contributed by atoms with Crippen molar-refractivity contribution in [1.29, 1.82) is 5.26 Å². The summed E-state index contributed by atoms with van der Waals surface area (Å²) in [5.41, 5.74) is 2.10. The topological polar surface area (TPSA) is 66.1 Å². The summed E-state index contributed by atoms with van der Waals surface area (Å²) in [6.45, 7) is 0. The van der Waals surface area contributed by atoms with Gasteiger partial charge in [0.05, 0.1) is 24.7 Å². The molecule has 0 amide bonds. The molecule has 0 saturated carbocycles. The van der Waals surface area contributed by atoms with Crippen molar-refractivity contribution in [3.05, 3.63) is 59.3 Å². The maximum atomic E-state index is 10.7. The highest BCUT2D eigenvalue weighted by molar-refractivity contribution is 5.39. The molecular weight excluding hydrogens is 264 g/mol. The van der Waals surface area contributed by atoms with Crippen molar-refractivity contribution in [2.45, 2.75) is 18.9 Å². The average molecular weight is 280 g/mol. The summed E-state index contributed by atoms with van der Waals surface area (Å²) in [5, 5.41) is 20.4. The number of rotatable bonds is 3. The van der Waals surface area contributed by atoms with E-state index in [0.717, 1.165) is 11.1 Å². The van der Waals surface area contributed by atoms with E-state index in [1.165, 1.54) is 0 Å². The Morgan fingerprint density at radius 2 is 1.90 bits per heavy atom. The Labute approximate surface area is 123 Å². The molecule has 0 fully saturated rings. The molecule has 21 heavy (non-hydrogen) atoms. The zero-order valence-corrected chi connectivity index (χ0v) is 11.8. The monoisotopic (exact) mass is 280 g/mol. The van der Waals surface area contributed by atoms with Crippen LogP contribution >= 0.6 is 0 Å². The van der Waals surface area contributed by atoms with Crippen LogP contribution in [0.25, 0.3) is 0 Å². The molecule has 1 aliphatic carbocycles. The molecule has 0 aliphatic heterocycles. The van der Waals surface area contributed by atoms with Crippen LogP contribution in [0.2, 0.25) is 0 Å². The quantitative estimate of drug-likeness (QED) is 0.937. The van der Waals surface area contributed by atoms with Gasteiger partial charge in [-0.15, -0.1) is 0 Å². The molecule has 0 saturated heterocycles. The summed E-state index contributed by atoms with van der Waals surface area (Å²) in [6.07, 6.45) is 1.83. The van der Waals surface area contributed by atoms with Gasteiger partial charge < -0.3 is 9.84 Å². The van der Waals surface area contributed by atoms with Crippen LogP contribution in [-0.4, -0.2) is 17.2 Å². The van der Waals surface area contributed by atoms with Crippen LogP contribution in [0.5, 0.6) is 5.88 Å². The molecule has 0 spiro atoms. The molecule has 1 aliphatic rings. The Morgan fingerprint density at radius 1 is 1.24 bits per heavy atom. The number of nitriles is 1. The van der Waals surface area contributed by atoms with E-state index in [1.807, 2.05) is 24.3 Å². The second kappa shape index (κ2) is 5.19. The Kier molecular flexibility index (Phi) is 3.36. The van der Waals surface area contributed by atoms with E-state index in [2.05, 4.69) is 11.1 Å². The van der Waals surface area contributed by atoms with Crippen molar-refractivity contribution < 1.29 is 9.84 Å². The van der Waals surface area contributed by atoms with Gasteiger partial charge in [-0.2, -0.15) is 5.26 Å². The van der Waals surface area contributed by atoms with Crippen LogP contribution in [0.4, 0.5) is 0 Å². The van der Waals surface area contributed by atoms with Crippen LogP contribution < -0.4 is 4.74 Å². The Balaban J connectivity index is 1.92. The molecular formula is C17H16N2O2. The molecule has 3 rings (SSSR count). The third kappa shape index (κ3) is 2.26. The van der Waals surface area contributed by atoms with Gasteiger partial charge in [0.25, 0.3) is 0 Å². The van der Waals surface area contributed by atoms with Crippen LogP contribution in [0, 0.1) is 16.7 Å². The van der Waals surface area contributed by atoms with Gasteiger partial charge in [-0.1, -0.05) is 24.3 Å². The Bertz CT molecular complexity index is 664. The highest BCUT2D eigenvalue weighted by atomic mass is 16.5. The van der Waals surface area contributed by atoms with Crippen molar-refractivity contribution >= 4 is 0 Å². The van der Waals surface area contributed by atoms with Gasteiger partial charge in [-0.25, -0.2) is 4.98 Å². The van der Waals surface area contributed by atoms with Gasteiger partial charge in [-0.3, -0.25) is 0 Å². The minimum atomic E-state index is -0.867. The van der Waals surface area contributed by atoms with E-state index in [4.69, 9.17) is 4.74 Å². The van der Waals surface area contributed by atoms with E-state index in [0.29, 0.717) is 24.3 Å². The van der Waals surface area contributed by atoms with Crippen LogP contribution in [0.1, 0.15) is 22.8 Å². The first kappa shape index (κ1) is 13.6. The van der Waals surface area contributed by atoms with Crippen LogP contribution in [-0.2, 0) is 12.8 Å². The summed E-state index contributed by atoms with van der Waals surface area (Å²) < 4.78 is 5.02. The third-order valence-corrected chi connectivity index (χ3v) is 4.16. The number of fused-ring (bicyclic) bond motifs is 1. The van der Waals surface area contributed by atoms with Crippen molar-refractivity contribution in [2.24, 2.45) is 5.41 Å². The van der Waals surface area contributed by atoms with Gasteiger partial charge >= 0.3 is 0 Å². The minimum Gasteiger partial charge on any atom is -0.481 e. The van der Waals surface area contributed by atoms with E-state index in [1.54, 1.807) is 25.4 Å². The molecule has 1 atom stereocenters. The van der Waals surface area contributed by atoms with E-state index >= 15 is 0 Å². The molecule has 1 heterocycles. The lowest BCUT2D eigenvalue weighted by Gasteiger charge is -2.27. The molecule has 2 aromatic rings. The standard InChI is InChI=1S/C17H16N2O2/c1-21-15-7-6-14(10-19-15)16(20)17(11-18)8-12-4-2-3-5-13(12)9-17/h2-7,10,16,20H,8-9H2,1H3. The fourth-order valence-corrected chi connectivity index (χ4v) is 2.97. The number of hydrogen-bond donors (Lipinski definition) is 1. The lowest BCUT2D eigenvalue weighted by molar-refractivity contribution is 0.0690. The normalized spacial score (nSPS) is 16.8. The molecule has 1 unspecified atom stereocenters. The second-order valence-corrected chi connectivity index (χ2v) is 5.43. The molecule has 4 heteroatoms. The van der Waals surface area contributed by atoms with E-state index < -0.39 is 11.5 Å². The molecule has 1 aromatic carbocycles. The highest BCUT2D eigenvalue weighted by Gasteiger charge is 2.44. The zero-order valence-electron chi connectivity index (χ0n) is 11.8. The molecule has 0 bridgehead atoms. The van der Waals surface area contributed by atoms with Crippen LogP contribution in [0.15, 0.2) is 42.6 Å². The largest absolute Gasteiger partial charge is 0.481 e. The number of aliphatic hydroxyl groups excluding tert-OH is 1. The summed E-state index contributed by atoms with van der Waals surface area (Å²) in [7, 11) is 1.54. The minimum absolute atomic E-state index is 0.492. The summed E-state index contributed by atoms with van der Waals surface area (Å²) in [4.78, 5) is 4.11. The maximum Gasteiger partial charge on any atom is 0.212 e. The number of nitrogens with zero attached hydrogens (tertiary/aromatic N) is 2. The fraction of sp³-hybridized carbons (Fsp3) is 0.294. The Hall–Kier alpha value is -2.38. The number of benzene rings is 1. The van der Waals surface area contributed by atoms with Crippen molar-refractivity contribution in [2.75, 3.05) is 7.11 Å². The van der Waals surface area contributed by atoms with Gasteiger partial charge in [0.2, 0.25) is 5.88 Å². The third-order valence-electron chi connectivity index (χ3n) is 4.16. The van der Waals surface area contributed by atoms with Crippen molar-refractivity contribution in [3.8, 4) is 11.9 Å². The maximum absolute atomic E-state index is 10.7. The van der Waals surface area contributed by atoms with Gasteiger partial charge in [0, 0.05) is 17.8 Å².